The molecule has 24 heavy (non-hydrogen) atoms. The molecule has 0 amide bonds. The predicted molar refractivity (Wildman–Crippen MR) is 98.5 cm³/mol. The first-order chi connectivity index (χ1) is 11.9. The summed E-state index contributed by atoms with van der Waals surface area (Å²) in [6.07, 6.45) is 1.72. The van der Waals surface area contributed by atoms with Crippen LogP contribution in [0, 0.1) is 0 Å². The van der Waals surface area contributed by atoms with E-state index in [1.54, 1.807) is 6.26 Å². The molecule has 5 aromatic rings. The highest BCUT2D eigenvalue weighted by molar-refractivity contribution is 6.10. The van der Waals surface area contributed by atoms with Crippen molar-refractivity contribution in [1.82, 2.24) is 4.57 Å². The smallest absolute Gasteiger partial charge is 0.133 e. The summed E-state index contributed by atoms with van der Waals surface area (Å²) in [4.78, 5) is 0. The lowest BCUT2D eigenvalue weighted by molar-refractivity contribution is 0.582. The van der Waals surface area contributed by atoms with E-state index in [1.807, 2.05) is 18.2 Å². The third kappa shape index (κ3) is 1.90. The van der Waals surface area contributed by atoms with Gasteiger partial charge in [-0.25, -0.2) is 0 Å². The summed E-state index contributed by atoms with van der Waals surface area (Å²) >= 11 is 0. The van der Waals surface area contributed by atoms with Crippen LogP contribution in [0.3, 0.4) is 0 Å². The Balaban J connectivity index is 1.89. The summed E-state index contributed by atoms with van der Waals surface area (Å²) in [5.74, 6) is 0.897. The highest BCUT2D eigenvalue weighted by Crippen LogP contribution is 2.34. The maximum Gasteiger partial charge on any atom is 0.133 e. The van der Waals surface area contributed by atoms with Crippen LogP contribution in [0.15, 0.2) is 95.6 Å². The Kier molecular flexibility index (Phi) is 2.83. The molecule has 5 rings (SSSR count). The second-order valence-corrected chi connectivity index (χ2v) is 5.90. The summed E-state index contributed by atoms with van der Waals surface area (Å²) in [5.41, 5.74) is 4.70. The third-order valence-electron chi connectivity index (χ3n) is 4.49. The van der Waals surface area contributed by atoms with Gasteiger partial charge < -0.3 is 8.98 Å². The summed E-state index contributed by atoms with van der Waals surface area (Å²) in [6, 6.07) is 29.5. The van der Waals surface area contributed by atoms with Crippen molar-refractivity contribution in [2.75, 3.05) is 0 Å². The summed E-state index contributed by atoms with van der Waals surface area (Å²) in [5, 5.41) is 2.49. The summed E-state index contributed by atoms with van der Waals surface area (Å²) in [6.45, 7) is 0. The molecule has 0 atom stereocenters. The van der Waals surface area contributed by atoms with E-state index < -0.39 is 0 Å². The van der Waals surface area contributed by atoms with E-state index in [4.69, 9.17) is 4.42 Å². The van der Waals surface area contributed by atoms with Gasteiger partial charge in [-0.05, 0) is 48.5 Å². The molecule has 114 valence electrons. The zero-order chi connectivity index (χ0) is 15.9. The van der Waals surface area contributed by atoms with Crippen molar-refractivity contribution in [1.29, 1.82) is 0 Å². The molecular weight excluding hydrogens is 294 g/mol. The lowest BCUT2D eigenvalue weighted by Gasteiger charge is -2.07. The third-order valence-corrected chi connectivity index (χ3v) is 4.49. The van der Waals surface area contributed by atoms with Crippen molar-refractivity contribution in [2.45, 2.75) is 0 Å². The van der Waals surface area contributed by atoms with Crippen LogP contribution in [0.2, 0.25) is 0 Å². The standard InChI is InChI=1S/C22H15NO/c1-2-7-17(8-3-1)23-20-10-5-4-9-18(20)19-15-16(12-13-21(19)23)22-11-6-14-24-22/h1-15H. The molecule has 0 aliphatic heterocycles. The Morgan fingerprint density at radius 2 is 1.42 bits per heavy atom. The van der Waals surface area contributed by atoms with Gasteiger partial charge >= 0.3 is 0 Å². The fourth-order valence-electron chi connectivity index (χ4n) is 3.42. The molecule has 0 aliphatic rings. The normalized spacial score (nSPS) is 11.3. The minimum absolute atomic E-state index is 0.897. The van der Waals surface area contributed by atoms with Crippen molar-refractivity contribution in [3.63, 3.8) is 0 Å². The average Bonchev–Trinajstić information content (AvgIpc) is 3.28. The molecule has 0 bridgehead atoms. The Hall–Kier alpha value is -3.26. The van der Waals surface area contributed by atoms with Gasteiger partial charge in [-0.3, -0.25) is 0 Å². The molecule has 2 heteroatoms. The Morgan fingerprint density at radius 1 is 0.625 bits per heavy atom. The molecule has 0 aliphatic carbocycles. The number of hydrogen-bond donors (Lipinski definition) is 0. The fraction of sp³-hybridized carbons (Fsp3) is 0. The quantitative estimate of drug-likeness (QED) is 0.388. The lowest BCUT2D eigenvalue weighted by Crippen LogP contribution is -1.92. The van der Waals surface area contributed by atoms with Gasteiger partial charge in [-0.1, -0.05) is 36.4 Å². The largest absolute Gasteiger partial charge is 0.464 e. The molecule has 0 saturated carbocycles. The molecule has 0 radical (unpaired) electrons. The van der Waals surface area contributed by atoms with Crippen LogP contribution in [0.4, 0.5) is 0 Å². The summed E-state index contributed by atoms with van der Waals surface area (Å²) < 4.78 is 7.88. The van der Waals surface area contributed by atoms with Gasteiger partial charge in [0.1, 0.15) is 5.76 Å². The van der Waals surface area contributed by atoms with Crippen LogP contribution in [-0.4, -0.2) is 4.57 Å². The fourth-order valence-corrected chi connectivity index (χ4v) is 3.42. The Morgan fingerprint density at radius 3 is 2.25 bits per heavy atom. The highest BCUT2D eigenvalue weighted by atomic mass is 16.3. The number of furan rings is 1. The van der Waals surface area contributed by atoms with Crippen molar-refractivity contribution >= 4 is 21.8 Å². The molecular formula is C22H15NO. The van der Waals surface area contributed by atoms with Gasteiger partial charge in [-0.15, -0.1) is 0 Å². The van der Waals surface area contributed by atoms with Crippen LogP contribution < -0.4 is 0 Å². The number of benzene rings is 3. The minimum Gasteiger partial charge on any atom is -0.464 e. The summed E-state index contributed by atoms with van der Waals surface area (Å²) in [7, 11) is 0. The zero-order valence-corrected chi connectivity index (χ0v) is 13.0. The predicted octanol–water partition coefficient (Wildman–Crippen LogP) is 6.04. The van der Waals surface area contributed by atoms with Crippen molar-refractivity contribution in [3.05, 3.63) is 91.2 Å². The number of aromatic nitrogens is 1. The number of nitrogens with zero attached hydrogens (tertiary/aromatic N) is 1. The molecule has 0 spiro atoms. The SMILES string of the molecule is c1ccc(-n2c3ccccc3c3cc(-c4ccco4)ccc32)cc1. The molecule has 2 nitrogen and oxygen atoms in total. The van der Waals surface area contributed by atoms with Crippen molar-refractivity contribution in [2.24, 2.45) is 0 Å². The highest BCUT2D eigenvalue weighted by Gasteiger charge is 2.13. The Bertz CT molecular complexity index is 1130. The first-order valence-electron chi connectivity index (χ1n) is 8.04. The van der Waals surface area contributed by atoms with Gasteiger partial charge in [0.25, 0.3) is 0 Å². The second kappa shape index (κ2) is 5.14. The zero-order valence-electron chi connectivity index (χ0n) is 13.0. The van der Waals surface area contributed by atoms with E-state index >= 15 is 0 Å². The minimum atomic E-state index is 0.897. The molecule has 0 saturated heterocycles. The number of para-hydroxylation sites is 2. The van der Waals surface area contributed by atoms with E-state index in [0.717, 1.165) is 11.3 Å². The van der Waals surface area contributed by atoms with Crippen LogP contribution in [0.25, 0.3) is 38.8 Å². The number of fused-ring (bicyclic) bond motifs is 3. The molecule has 0 fully saturated rings. The van der Waals surface area contributed by atoms with Gasteiger partial charge in [0, 0.05) is 22.0 Å². The van der Waals surface area contributed by atoms with Crippen LogP contribution in [0.5, 0.6) is 0 Å². The van der Waals surface area contributed by atoms with Gasteiger partial charge in [-0.2, -0.15) is 0 Å². The van der Waals surface area contributed by atoms with E-state index in [2.05, 4.69) is 71.3 Å². The van der Waals surface area contributed by atoms with Gasteiger partial charge in [0.2, 0.25) is 0 Å². The first-order valence-corrected chi connectivity index (χ1v) is 8.04. The maximum absolute atomic E-state index is 5.57. The number of hydrogen-bond acceptors (Lipinski definition) is 1. The maximum atomic E-state index is 5.57. The van der Waals surface area contributed by atoms with E-state index in [9.17, 15) is 0 Å². The second-order valence-electron chi connectivity index (χ2n) is 5.90. The lowest BCUT2D eigenvalue weighted by atomic mass is 10.1. The van der Waals surface area contributed by atoms with Crippen LogP contribution in [-0.2, 0) is 0 Å². The van der Waals surface area contributed by atoms with E-state index in [1.165, 1.54) is 27.5 Å². The van der Waals surface area contributed by atoms with E-state index in [-0.39, 0.29) is 0 Å². The van der Waals surface area contributed by atoms with Crippen LogP contribution >= 0.6 is 0 Å². The molecule has 0 unspecified atom stereocenters. The molecule has 2 aromatic heterocycles. The average molecular weight is 309 g/mol. The molecule has 2 heterocycles. The van der Waals surface area contributed by atoms with Crippen molar-refractivity contribution in [3.8, 4) is 17.0 Å². The van der Waals surface area contributed by atoms with Gasteiger partial charge in [0.05, 0.1) is 17.3 Å². The monoisotopic (exact) mass is 309 g/mol. The first kappa shape index (κ1) is 13.2. The molecule has 3 aromatic carbocycles. The van der Waals surface area contributed by atoms with E-state index in [0.29, 0.717) is 0 Å². The topological polar surface area (TPSA) is 18.1 Å². The van der Waals surface area contributed by atoms with Crippen LogP contribution in [0.1, 0.15) is 0 Å². The van der Waals surface area contributed by atoms with Gasteiger partial charge in [0.15, 0.2) is 0 Å². The molecule has 0 N–H and O–H groups in total. The Labute approximate surface area is 139 Å². The number of rotatable bonds is 2. The van der Waals surface area contributed by atoms with Crippen molar-refractivity contribution < 1.29 is 4.42 Å².